The van der Waals surface area contributed by atoms with Crippen molar-refractivity contribution in [3.63, 3.8) is 0 Å². The third kappa shape index (κ3) is 4.32. The van der Waals surface area contributed by atoms with Crippen molar-refractivity contribution in [3.05, 3.63) is 29.8 Å². The fourth-order valence-electron chi connectivity index (χ4n) is 1.30. The van der Waals surface area contributed by atoms with E-state index in [0.29, 0.717) is 13.0 Å². The number of aliphatic hydroxyl groups is 1. The Balaban J connectivity index is 2.38. The highest BCUT2D eigenvalue weighted by Gasteiger charge is 2.05. The summed E-state index contributed by atoms with van der Waals surface area (Å²) in [6, 6.07) is 8.17. The number of likely N-dealkylation sites (N-methyl/N-ethyl adjacent to an activating group) is 1. The Morgan fingerprint density at radius 3 is 2.53 bits per heavy atom. The molecule has 84 valence electrons. The molecular weight excluding hydrogens is 190 g/mol. The fraction of sp³-hybridized carbons (Fsp3) is 0.500. The van der Waals surface area contributed by atoms with Crippen molar-refractivity contribution in [2.75, 3.05) is 20.3 Å². The molecule has 1 unspecified atom stereocenters. The van der Waals surface area contributed by atoms with Gasteiger partial charge in [0.05, 0.1) is 0 Å². The first-order valence-electron chi connectivity index (χ1n) is 5.24. The van der Waals surface area contributed by atoms with Gasteiger partial charge in [0.2, 0.25) is 0 Å². The zero-order valence-corrected chi connectivity index (χ0v) is 9.36. The van der Waals surface area contributed by atoms with Crippen LogP contribution in [0.5, 0.6) is 5.75 Å². The van der Waals surface area contributed by atoms with Crippen LogP contribution in [0.1, 0.15) is 12.0 Å². The van der Waals surface area contributed by atoms with Gasteiger partial charge in [0.15, 0.2) is 0 Å². The lowest BCUT2D eigenvalue weighted by Gasteiger charge is -2.15. The van der Waals surface area contributed by atoms with Gasteiger partial charge in [0, 0.05) is 12.6 Å². The Bertz CT molecular complexity index is 271. The van der Waals surface area contributed by atoms with Gasteiger partial charge in [-0.15, -0.1) is 0 Å². The first-order valence-corrected chi connectivity index (χ1v) is 5.24. The topological polar surface area (TPSA) is 41.5 Å². The van der Waals surface area contributed by atoms with Crippen molar-refractivity contribution in [2.45, 2.75) is 19.4 Å². The van der Waals surface area contributed by atoms with E-state index in [-0.39, 0.29) is 12.6 Å². The zero-order valence-electron chi connectivity index (χ0n) is 9.36. The Hall–Kier alpha value is -1.06. The van der Waals surface area contributed by atoms with Gasteiger partial charge < -0.3 is 15.2 Å². The predicted molar refractivity (Wildman–Crippen MR) is 61.2 cm³/mol. The molecule has 1 atom stereocenters. The maximum Gasteiger partial charge on any atom is 0.119 e. The van der Waals surface area contributed by atoms with Gasteiger partial charge >= 0.3 is 0 Å². The second-order valence-corrected chi connectivity index (χ2v) is 3.62. The summed E-state index contributed by atoms with van der Waals surface area (Å²) in [4.78, 5) is 0. The number of hydrogen-bond acceptors (Lipinski definition) is 3. The molecule has 1 rings (SSSR count). The van der Waals surface area contributed by atoms with Crippen LogP contribution < -0.4 is 10.1 Å². The van der Waals surface area contributed by atoms with Crippen LogP contribution in [0, 0.1) is 6.92 Å². The first-order chi connectivity index (χ1) is 7.26. The van der Waals surface area contributed by atoms with E-state index >= 15 is 0 Å². The predicted octanol–water partition coefficient (Wildman–Crippen LogP) is 1.34. The van der Waals surface area contributed by atoms with Crippen LogP contribution in [0.4, 0.5) is 0 Å². The molecule has 0 amide bonds. The monoisotopic (exact) mass is 209 g/mol. The Morgan fingerprint density at radius 1 is 1.33 bits per heavy atom. The summed E-state index contributed by atoms with van der Waals surface area (Å²) in [5.74, 6) is 0.874. The van der Waals surface area contributed by atoms with Gasteiger partial charge in [-0.3, -0.25) is 0 Å². The minimum absolute atomic E-state index is 0.183. The lowest BCUT2D eigenvalue weighted by atomic mass is 10.2. The quantitative estimate of drug-likeness (QED) is 0.743. The van der Waals surface area contributed by atoms with E-state index in [2.05, 4.69) is 5.32 Å². The lowest BCUT2D eigenvalue weighted by Crippen LogP contribution is -2.32. The van der Waals surface area contributed by atoms with E-state index in [1.807, 2.05) is 38.2 Å². The molecule has 0 aliphatic heterocycles. The van der Waals surface area contributed by atoms with Crippen molar-refractivity contribution in [1.82, 2.24) is 5.32 Å². The molecule has 0 radical (unpaired) electrons. The number of aliphatic hydroxyl groups excluding tert-OH is 1. The van der Waals surface area contributed by atoms with Crippen LogP contribution >= 0.6 is 0 Å². The third-order valence-electron chi connectivity index (χ3n) is 2.36. The van der Waals surface area contributed by atoms with E-state index in [9.17, 15) is 0 Å². The number of nitrogens with one attached hydrogen (secondary N) is 1. The van der Waals surface area contributed by atoms with Crippen LogP contribution in [-0.2, 0) is 0 Å². The molecule has 0 aromatic heterocycles. The van der Waals surface area contributed by atoms with Crippen LogP contribution in [0.3, 0.4) is 0 Å². The standard InChI is InChI=1S/C12H19NO2/c1-10-3-5-12(6-4-10)15-9-11(13-2)7-8-14/h3-6,11,13-14H,7-9H2,1-2H3. The zero-order chi connectivity index (χ0) is 11.1. The van der Waals surface area contributed by atoms with Gasteiger partial charge in [0.25, 0.3) is 0 Å². The molecule has 0 saturated heterocycles. The molecular formula is C12H19NO2. The molecule has 0 saturated carbocycles. The summed E-state index contributed by atoms with van der Waals surface area (Å²) in [7, 11) is 1.87. The highest BCUT2D eigenvalue weighted by atomic mass is 16.5. The number of hydrogen-bond donors (Lipinski definition) is 2. The van der Waals surface area contributed by atoms with E-state index in [1.54, 1.807) is 0 Å². The van der Waals surface area contributed by atoms with Gasteiger partial charge in [-0.05, 0) is 32.5 Å². The van der Waals surface area contributed by atoms with Crippen LogP contribution in [0.15, 0.2) is 24.3 Å². The van der Waals surface area contributed by atoms with E-state index in [1.165, 1.54) is 5.56 Å². The van der Waals surface area contributed by atoms with Gasteiger partial charge in [-0.25, -0.2) is 0 Å². The average molecular weight is 209 g/mol. The smallest absolute Gasteiger partial charge is 0.119 e. The Kier molecular flexibility index (Phi) is 5.15. The third-order valence-corrected chi connectivity index (χ3v) is 2.36. The summed E-state index contributed by atoms with van der Waals surface area (Å²) in [6.07, 6.45) is 0.711. The molecule has 2 N–H and O–H groups in total. The fourth-order valence-corrected chi connectivity index (χ4v) is 1.30. The lowest BCUT2D eigenvalue weighted by molar-refractivity contribution is 0.219. The van der Waals surface area contributed by atoms with Crippen LogP contribution in [0.25, 0.3) is 0 Å². The maximum absolute atomic E-state index is 8.81. The average Bonchev–Trinajstić information content (AvgIpc) is 2.26. The molecule has 0 aliphatic rings. The van der Waals surface area contributed by atoms with Gasteiger partial charge in [-0.1, -0.05) is 17.7 Å². The molecule has 0 bridgehead atoms. The summed E-state index contributed by atoms with van der Waals surface area (Å²) < 4.78 is 5.59. The SMILES string of the molecule is CNC(CCO)COc1ccc(C)cc1. The second kappa shape index (κ2) is 6.43. The number of aryl methyl sites for hydroxylation is 1. The van der Waals surface area contributed by atoms with Gasteiger partial charge in [0.1, 0.15) is 12.4 Å². The highest BCUT2D eigenvalue weighted by Crippen LogP contribution is 2.11. The number of rotatable bonds is 6. The van der Waals surface area contributed by atoms with Crippen molar-refractivity contribution in [3.8, 4) is 5.75 Å². The van der Waals surface area contributed by atoms with Crippen molar-refractivity contribution < 1.29 is 9.84 Å². The van der Waals surface area contributed by atoms with Crippen molar-refractivity contribution in [1.29, 1.82) is 0 Å². The minimum Gasteiger partial charge on any atom is -0.492 e. The summed E-state index contributed by atoms with van der Waals surface area (Å²) in [6.45, 7) is 2.81. The van der Waals surface area contributed by atoms with E-state index in [0.717, 1.165) is 5.75 Å². The first kappa shape index (κ1) is 12.0. The minimum atomic E-state index is 0.183. The maximum atomic E-state index is 8.81. The van der Waals surface area contributed by atoms with Crippen molar-refractivity contribution >= 4 is 0 Å². The normalized spacial score (nSPS) is 12.5. The number of ether oxygens (including phenoxy) is 1. The summed E-state index contributed by atoms with van der Waals surface area (Å²) >= 11 is 0. The summed E-state index contributed by atoms with van der Waals surface area (Å²) in [5, 5.41) is 11.9. The molecule has 1 aromatic carbocycles. The second-order valence-electron chi connectivity index (χ2n) is 3.62. The van der Waals surface area contributed by atoms with E-state index in [4.69, 9.17) is 9.84 Å². The van der Waals surface area contributed by atoms with Gasteiger partial charge in [-0.2, -0.15) is 0 Å². The molecule has 0 fully saturated rings. The van der Waals surface area contributed by atoms with Crippen LogP contribution in [0.2, 0.25) is 0 Å². The molecule has 0 spiro atoms. The number of benzene rings is 1. The molecule has 3 nitrogen and oxygen atoms in total. The summed E-state index contributed by atoms with van der Waals surface area (Å²) in [5.41, 5.74) is 1.22. The van der Waals surface area contributed by atoms with E-state index < -0.39 is 0 Å². The highest BCUT2D eigenvalue weighted by molar-refractivity contribution is 5.26. The van der Waals surface area contributed by atoms with Crippen molar-refractivity contribution in [2.24, 2.45) is 0 Å². The molecule has 3 heteroatoms. The molecule has 0 heterocycles. The Labute approximate surface area is 91.1 Å². The molecule has 15 heavy (non-hydrogen) atoms. The molecule has 0 aliphatic carbocycles. The Morgan fingerprint density at radius 2 is 2.00 bits per heavy atom. The molecule has 1 aromatic rings. The van der Waals surface area contributed by atoms with Crippen LogP contribution in [-0.4, -0.2) is 31.4 Å². The largest absolute Gasteiger partial charge is 0.492 e.